The van der Waals surface area contributed by atoms with Gasteiger partial charge < -0.3 is 10.1 Å². The molecule has 1 unspecified atom stereocenters. The third-order valence-corrected chi connectivity index (χ3v) is 6.02. The van der Waals surface area contributed by atoms with Crippen LogP contribution in [0.4, 0.5) is 13.2 Å². The molecular formula is C18H22F3N2O3S+. The monoisotopic (exact) mass is 403 g/mol. The van der Waals surface area contributed by atoms with Crippen molar-refractivity contribution in [2.45, 2.75) is 36.9 Å². The number of amides is 1. The van der Waals surface area contributed by atoms with Crippen LogP contribution in [0.25, 0.3) is 0 Å². The molecule has 27 heavy (non-hydrogen) atoms. The van der Waals surface area contributed by atoms with Crippen LogP contribution < -0.4 is 10.1 Å². The first-order chi connectivity index (χ1) is 12.8. The van der Waals surface area contributed by atoms with E-state index in [9.17, 15) is 22.5 Å². The molecule has 9 heteroatoms. The van der Waals surface area contributed by atoms with Crippen molar-refractivity contribution >= 4 is 17.3 Å². The molecule has 1 amide bonds. The predicted octanol–water partition coefficient (Wildman–Crippen LogP) is 3.50. The summed E-state index contributed by atoms with van der Waals surface area (Å²) in [5.74, 6) is 0.261. The number of piperidine rings is 1. The third kappa shape index (κ3) is 6.44. The summed E-state index contributed by atoms with van der Waals surface area (Å²) < 4.78 is 52.8. The van der Waals surface area contributed by atoms with Crippen molar-refractivity contribution < 1.29 is 27.3 Å². The zero-order valence-corrected chi connectivity index (χ0v) is 15.5. The van der Waals surface area contributed by atoms with Gasteiger partial charge in [-0.25, -0.2) is 0 Å². The number of hydrogen-bond acceptors (Lipinski definition) is 4. The van der Waals surface area contributed by atoms with E-state index in [1.54, 1.807) is 6.08 Å². The smallest absolute Gasteiger partial charge is 0.406 e. The van der Waals surface area contributed by atoms with E-state index in [0.29, 0.717) is 36.7 Å². The zero-order valence-electron chi connectivity index (χ0n) is 14.7. The molecule has 148 valence electrons. The molecule has 1 atom stereocenters. The minimum absolute atomic E-state index is 0.0615. The molecule has 0 radical (unpaired) electrons. The Bertz CT molecular complexity index is 680. The Hall–Kier alpha value is -1.71. The molecule has 1 aliphatic carbocycles. The van der Waals surface area contributed by atoms with Crippen LogP contribution in [0.5, 0.6) is 5.75 Å². The molecule has 5 nitrogen and oxygen atoms in total. The Morgan fingerprint density at radius 2 is 1.89 bits per heavy atom. The van der Waals surface area contributed by atoms with Gasteiger partial charge in [0.2, 0.25) is 10.8 Å². The molecule has 1 saturated heterocycles. The maximum absolute atomic E-state index is 12.2. The number of alkyl halides is 3. The van der Waals surface area contributed by atoms with Gasteiger partial charge in [0, 0.05) is 24.8 Å². The SMILES string of the molecule is O=C(C=C1CCN([S+](O)c2ccc(OC(F)(F)F)cc2)CC1)NCC1CC1. The van der Waals surface area contributed by atoms with Crippen molar-refractivity contribution in [3.05, 3.63) is 35.9 Å². The number of nitrogens with one attached hydrogen (secondary N) is 1. The summed E-state index contributed by atoms with van der Waals surface area (Å²) in [7, 11) is 0. The summed E-state index contributed by atoms with van der Waals surface area (Å²) in [6, 6.07) is 5.25. The highest BCUT2D eigenvalue weighted by molar-refractivity contribution is 7.89. The highest BCUT2D eigenvalue weighted by atomic mass is 32.2. The van der Waals surface area contributed by atoms with E-state index in [2.05, 4.69) is 10.1 Å². The van der Waals surface area contributed by atoms with E-state index in [4.69, 9.17) is 0 Å². The van der Waals surface area contributed by atoms with Crippen LogP contribution in [0, 0.1) is 5.92 Å². The van der Waals surface area contributed by atoms with Gasteiger partial charge in [-0.15, -0.1) is 13.2 Å². The van der Waals surface area contributed by atoms with Crippen molar-refractivity contribution in [2.24, 2.45) is 5.92 Å². The fraction of sp³-hybridized carbons (Fsp3) is 0.500. The van der Waals surface area contributed by atoms with E-state index in [1.165, 1.54) is 37.1 Å². The first-order valence-electron chi connectivity index (χ1n) is 8.82. The van der Waals surface area contributed by atoms with Crippen LogP contribution in [-0.4, -0.2) is 40.8 Å². The molecule has 2 aliphatic rings. The van der Waals surface area contributed by atoms with Gasteiger partial charge in [0.1, 0.15) is 5.75 Å². The first kappa shape index (κ1) is 20.0. The van der Waals surface area contributed by atoms with E-state index in [1.807, 2.05) is 4.31 Å². The van der Waals surface area contributed by atoms with Crippen LogP contribution >= 0.6 is 0 Å². The number of carbonyl (C=O) groups excluding carboxylic acids is 1. The molecule has 0 bridgehead atoms. The molecule has 1 saturated carbocycles. The lowest BCUT2D eigenvalue weighted by molar-refractivity contribution is -0.274. The van der Waals surface area contributed by atoms with E-state index < -0.39 is 17.7 Å². The Kier molecular flexibility index (Phi) is 6.33. The van der Waals surface area contributed by atoms with Gasteiger partial charge in [-0.3, -0.25) is 4.79 Å². The van der Waals surface area contributed by atoms with Crippen molar-refractivity contribution in [3.8, 4) is 5.75 Å². The maximum Gasteiger partial charge on any atom is 0.573 e. The Morgan fingerprint density at radius 3 is 2.44 bits per heavy atom. The number of rotatable bonds is 6. The normalized spacial score (nSPS) is 19.5. The Labute approximate surface area is 158 Å². The summed E-state index contributed by atoms with van der Waals surface area (Å²) in [4.78, 5) is 12.4. The molecule has 1 heterocycles. The first-order valence-corrected chi connectivity index (χ1v) is 9.95. The van der Waals surface area contributed by atoms with Crippen molar-refractivity contribution in [2.75, 3.05) is 19.6 Å². The quantitative estimate of drug-likeness (QED) is 0.564. The molecule has 0 aromatic heterocycles. The molecule has 2 N–H and O–H groups in total. The molecule has 1 aromatic rings. The fourth-order valence-electron chi connectivity index (χ4n) is 2.81. The summed E-state index contributed by atoms with van der Waals surface area (Å²) in [5.41, 5.74) is 1.05. The Balaban J connectivity index is 1.48. The average Bonchev–Trinajstić information content (AvgIpc) is 3.44. The average molecular weight is 403 g/mol. The minimum atomic E-state index is -4.73. The highest BCUT2D eigenvalue weighted by Crippen LogP contribution is 2.28. The lowest BCUT2D eigenvalue weighted by atomic mass is 10.1. The van der Waals surface area contributed by atoms with Crippen LogP contribution in [0.1, 0.15) is 25.7 Å². The van der Waals surface area contributed by atoms with E-state index in [0.717, 1.165) is 12.1 Å². The zero-order chi connectivity index (χ0) is 19.4. The predicted molar refractivity (Wildman–Crippen MR) is 96.0 cm³/mol. The number of nitrogens with zero attached hydrogens (tertiary/aromatic N) is 1. The number of carbonyl (C=O) groups is 1. The summed E-state index contributed by atoms with van der Waals surface area (Å²) in [6.07, 6.45) is 0.648. The minimum Gasteiger partial charge on any atom is -0.406 e. The van der Waals surface area contributed by atoms with Gasteiger partial charge >= 0.3 is 6.36 Å². The third-order valence-electron chi connectivity index (χ3n) is 4.47. The molecule has 2 fully saturated rings. The number of benzene rings is 1. The lowest BCUT2D eigenvalue weighted by Gasteiger charge is -2.23. The standard InChI is InChI=1S/C18H21F3N2O3S/c19-18(20,21)26-15-3-5-16(6-4-15)27(25)23-9-7-13(8-10-23)11-17(24)22-12-14-1-2-14/h3-6,11,14,25H,1-2,7-10,12H2/p+1. The molecule has 3 rings (SSSR count). The van der Waals surface area contributed by atoms with Crippen LogP contribution in [-0.2, 0) is 16.2 Å². The molecule has 1 aromatic carbocycles. The second kappa shape index (κ2) is 8.53. The van der Waals surface area contributed by atoms with Gasteiger partial charge in [-0.2, -0.15) is 4.55 Å². The highest BCUT2D eigenvalue weighted by Gasteiger charge is 2.34. The van der Waals surface area contributed by atoms with Crippen LogP contribution in [0.15, 0.2) is 40.8 Å². The van der Waals surface area contributed by atoms with Gasteiger partial charge in [0.15, 0.2) is 0 Å². The second-order valence-corrected chi connectivity index (χ2v) is 8.22. The summed E-state index contributed by atoms with van der Waals surface area (Å²) in [5, 5.41) is 2.90. The summed E-state index contributed by atoms with van der Waals surface area (Å²) >= 11 is -1.21. The Morgan fingerprint density at radius 1 is 1.26 bits per heavy atom. The molecular weight excluding hydrogens is 381 g/mol. The largest absolute Gasteiger partial charge is 0.573 e. The number of hydrogen-bond donors (Lipinski definition) is 2. The topological polar surface area (TPSA) is 61.8 Å². The summed E-state index contributed by atoms with van der Waals surface area (Å²) in [6.45, 7) is 1.91. The van der Waals surface area contributed by atoms with Crippen molar-refractivity contribution in [3.63, 3.8) is 0 Å². The van der Waals surface area contributed by atoms with Crippen molar-refractivity contribution in [1.82, 2.24) is 9.62 Å². The van der Waals surface area contributed by atoms with Gasteiger partial charge in [0.05, 0.1) is 13.1 Å². The lowest BCUT2D eigenvalue weighted by Crippen LogP contribution is -2.36. The van der Waals surface area contributed by atoms with Gasteiger partial charge in [-0.1, -0.05) is 9.88 Å². The van der Waals surface area contributed by atoms with Crippen molar-refractivity contribution in [1.29, 1.82) is 0 Å². The number of halogens is 3. The van der Waals surface area contributed by atoms with Gasteiger partial charge in [-0.05, 0) is 43.7 Å². The van der Waals surface area contributed by atoms with Crippen LogP contribution in [0.3, 0.4) is 0 Å². The maximum atomic E-state index is 12.2. The molecule has 1 aliphatic heterocycles. The van der Waals surface area contributed by atoms with E-state index in [-0.39, 0.29) is 11.7 Å². The van der Waals surface area contributed by atoms with E-state index >= 15 is 0 Å². The second-order valence-electron chi connectivity index (χ2n) is 6.70. The van der Waals surface area contributed by atoms with Crippen LogP contribution in [0.2, 0.25) is 0 Å². The number of ether oxygens (including phenoxy) is 1. The molecule has 0 spiro atoms. The fourth-order valence-corrected chi connectivity index (χ4v) is 4.01. The van der Waals surface area contributed by atoms with Gasteiger partial charge in [0.25, 0.3) is 11.4 Å².